The number of nitrogens with zero attached hydrogens (tertiary/aromatic N) is 2. The number of nitrogens with two attached hydrogens (primary N) is 1. The van der Waals surface area contributed by atoms with Crippen molar-refractivity contribution in [2.45, 2.75) is 12.5 Å². The molecule has 0 fully saturated rings. The van der Waals surface area contributed by atoms with Crippen LogP contribution in [0.5, 0.6) is 0 Å². The fourth-order valence-corrected chi connectivity index (χ4v) is 2.88. The topological polar surface area (TPSA) is 55.9 Å². The van der Waals surface area contributed by atoms with Gasteiger partial charge in [0, 0.05) is 24.1 Å². The minimum Gasteiger partial charge on any atom is -0.276 e. The summed E-state index contributed by atoms with van der Waals surface area (Å²) in [6.45, 7) is 0. The highest BCUT2D eigenvalue weighted by molar-refractivity contribution is 9.10. The molecule has 1 aromatic heterocycles. The van der Waals surface area contributed by atoms with Crippen LogP contribution >= 0.6 is 15.9 Å². The molecular weight excluding hydrogens is 328 g/mol. The Balaban J connectivity index is 1.91. The van der Waals surface area contributed by atoms with E-state index in [-0.39, 0.29) is 6.04 Å². The lowest BCUT2D eigenvalue weighted by molar-refractivity contribution is 0.542. The van der Waals surface area contributed by atoms with Crippen LogP contribution in [0.2, 0.25) is 0 Å². The minimum absolute atomic E-state index is 0.0490. The second kappa shape index (κ2) is 5.97. The van der Waals surface area contributed by atoms with Crippen LogP contribution in [0.3, 0.4) is 0 Å². The molecule has 5 heteroatoms. The number of rotatable bonds is 4. The quantitative estimate of drug-likeness (QED) is 0.564. The molecule has 0 aliphatic carbocycles. The Morgan fingerprint density at radius 2 is 1.95 bits per heavy atom. The van der Waals surface area contributed by atoms with Crippen molar-refractivity contribution in [1.29, 1.82) is 0 Å². The van der Waals surface area contributed by atoms with E-state index < -0.39 is 0 Å². The fraction of sp³-hybridized carbons (Fsp3) is 0.188. The molecule has 1 heterocycles. The SMILES string of the molecule is Cn1ccc(CC(NN)c2ccc3cc(Br)ccc3c2)n1. The third kappa shape index (κ3) is 3.15. The molecule has 0 amide bonds. The summed E-state index contributed by atoms with van der Waals surface area (Å²) in [4.78, 5) is 0. The molecule has 3 N–H and O–H groups in total. The van der Waals surface area contributed by atoms with Gasteiger partial charge in [0.15, 0.2) is 0 Å². The first-order valence-electron chi connectivity index (χ1n) is 6.79. The van der Waals surface area contributed by atoms with Gasteiger partial charge in [-0.1, -0.05) is 34.1 Å². The minimum atomic E-state index is 0.0490. The molecule has 21 heavy (non-hydrogen) atoms. The van der Waals surface area contributed by atoms with Crippen molar-refractivity contribution in [3.63, 3.8) is 0 Å². The van der Waals surface area contributed by atoms with Crippen LogP contribution < -0.4 is 11.3 Å². The summed E-state index contributed by atoms with van der Waals surface area (Å²) < 4.78 is 2.89. The van der Waals surface area contributed by atoms with Gasteiger partial charge in [-0.3, -0.25) is 16.0 Å². The summed E-state index contributed by atoms with van der Waals surface area (Å²) in [6, 6.07) is 14.8. The molecule has 0 aliphatic rings. The Labute approximate surface area is 132 Å². The average Bonchev–Trinajstić information content (AvgIpc) is 2.89. The van der Waals surface area contributed by atoms with Crippen LogP contribution in [-0.2, 0) is 13.5 Å². The first-order valence-corrected chi connectivity index (χ1v) is 7.59. The van der Waals surface area contributed by atoms with Gasteiger partial charge in [-0.25, -0.2) is 0 Å². The van der Waals surface area contributed by atoms with Gasteiger partial charge in [0.1, 0.15) is 0 Å². The molecular formula is C16H17BrN4. The van der Waals surface area contributed by atoms with Crippen LogP contribution in [0.15, 0.2) is 53.1 Å². The van der Waals surface area contributed by atoms with E-state index in [1.165, 1.54) is 10.8 Å². The Bertz CT molecular complexity index is 766. The van der Waals surface area contributed by atoms with Crippen molar-refractivity contribution in [3.8, 4) is 0 Å². The van der Waals surface area contributed by atoms with E-state index in [9.17, 15) is 0 Å². The lowest BCUT2D eigenvalue weighted by Gasteiger charge is -2.16. The smallest absolute Gasteiger partial charge is 0.0643 e. The number of hydrogen-bond donors (Lipinski definition) is 2. The van der Waals surface area contributed by atoms with Gasteiger partial charge in [-0.15, -0.1) is 0 Å². The van der Waals surface area contributed by atoms with E-state index in [4.69, 9.17) is 5.84 Å². The standard InChI is InChI=1S/C16H17BrN4/c1-21-7-6-15(20-21)10-16(19-18)13-3-2-12-9-14(17)5-4-11(12)8-13/h2-9,16,19H,10,18H2,1H3. The number of fused-ring (bicyclic) bond motifs is 1. The molecule has 0 saturated heterocycles. The largest absolute Gasteiger partial charge is 0.276 e. The van der Waals surface area contributed by atoms with Gasteiger partial charge < -0.3 is 0 Å². The zero-order chi connectivity index (χ0) is 14.8. The van der Waals surface area contributed by atoms with Crippen molar-refractivity contribution in [3.05, 3.63) is 64.4 Å². The third-order valence-electron chi connectivity index (χ3n) is 3.61. The lowest BCUT2D eigenvalue weighted by atomic mass is 9.99. The summed E-state index contributed by atoms with van der Waals surface area (Å²) in [7, 11) is 1.92. The molecule has 0 bridgehead atoms. The van der Waals surface area contributed by atoms with E-state index >= 15 is 0 Å². The Kier molecular flexibility index (Phi) is 4.05. The van der Waals surface area contributed by atoms with Gasteiger partial charge in [-0.2, -0.15) is 5.10 Å². The van der Waals surface area contributed by atoms with Gasteiger partial charge in [0.05, 0.1) is 11.7 Å². The van der Waals surface area contributed by atoms with Gasteiger partial charge in [0.2, 0.25) is 0 Å². The number of hydrazine groups is 1. The van der Waals surface area contributed by atoms with Crippen molar-refractivity contribution >= 4 is 26.7 Å². The van der Waals surface area contributed by atoms with Crippen LogP contribution in [-0.4, -0.2) is 9.78 Å². The highest BCUT2D eigenvalue weighted by Gasteiger charge is 2.12. The zero-order valence-electron chi connectivity index (χ0n) is 11.8. The maximum Gasteiger partial charge on any atom is 0.0643 e. The van der Waals surface area contributed by atoms with Crippen LogP contribution in [0.1, 0.15) is 17.3 Å². The normalized spacial score (nSPS) is 12.7. The lowest BCUT2D eigenvalue weighted by Crippen LogP contribution is -2.29. The molecule has 0 spiro atoms. The molecule has 1 atom stereocenters. The number of hydrogen-bond acceptors (Lipinski definition) is 3. The number of benzene rings is 2. The van der Waals surface area contributed by atoms with Crippen LogP contribution in [0.25, 0.3) is 10.8 Å². The molecule has 4 nitrogen and oxygen atoms in total. The first kappa shape index (κ1) is 14.3. The van der Waals surface area contributed by atoms with E-state index in [0.717, 1.165) is 22.2 Å². The van der Waals surface area contributed by atoms with Crippen LogP contribution in [0, 0.1) is 0 Å². The summed E-state index contributed by atoms with van der Waals surface area (Å²) in [5.41, 5.74) is 5.08. The number of aryl methyl sites for hydroxylation is 1. The predicted octanol–water partition coefficient (Wildman–Crippen LogP) is 3.08. The molecule has 108 valence electrons. The van der Waals surface area contributed by atoms with Crippen molar-refractivity contribution in [1.82, 2.24) is 15.2 Å². The highest BCUT2D eigenvalue weighted by atomic mass is 79.9. The number of aromatic nitrogens is 2. The Morgan fingerprint density at radius 1 is 1.19 bits per heavy atom. The Morgan fingerprint density at radius 3 is 2.67 bits per heavy atom. The van der Waals surface area contributed by atoms with Crippen molar-refractivity contribution < 1.29 is 0 Å². The molecule has 0 saturated carbocycles. The molecule has 3 aromatic rings. The second-order valence-corrected chi connectivity index (χ2v) is 6.07. The first-order chi connectivity index (χ1) is 10.2. The van der Waals surface area contributed by atoms with E-state index in [0.29, 0.717) is 0 Å². The summed E-state index contributed by atoms with van der Waals surface area (Å²) in [5, 5.41) is 6.83. The zero-order valence-corrected chi connectivity index (χ0v) is 13.3. The molecule has 0 radical (unpaired) electrons. The summed E-state index contributed by atoms with van der Waals surface area (Å²) in [5.74, 6) is 5.74. The van der Waals surface area contributed by atoms with Gasteiger partial charge >= 0.3 is 0 Å². The predicted molar refractivity (Wildman–Crippen MR) is 88.6 cm³/mol. The average molecular weight is 345 g/mol. The third-order valence-corrected chi connectivity index (χ3v) is 4.11. The molecule has 0 aliphatic heterocycles. The van der Waals surface area contributed by atoms with Gasteiger partial charge in [-0.05, 0) is 40.6 Å². The van der Waals surface area contributed by atoms with E-state index in [2.05, 4.69) is 62.9 Å². The number of nitrogens with one attached hydrogen (secondary N) is 1. The second-order valence-electron chi connectivity index (χ2n) is 5.16. The highest BCUT2D eigenvalue weighted by Crippen LogP contribution is 2.24. The fourth-order valence-electron chi connectivity index (χ4n) is 2.51. The van der Waals surface area contributed by atoms with Crippen molar-refractivity contribution in [2.75, 3.05) is 0 Å². The van der Waals surface area contributed by atoms with E-state index in [1.54, 1.807) is 4.68 Å². The molecule has 2 aromatic carbocycles. The molecule has 1 unspecified atom stereocenters. The Hall–Kier alpha value is -1.69. The van der Waals surface area contributed by atoms with E-state index in [1.807, 2.05) is 19.3 Å². The molecule has 3 rings (SSSR count). The number of halogens is 1. The maximum absolute atomic E-state index is 5.74. The monoisotopic (exact) mass is 344 g/mol. The summed E-state index contributed by atoms with van der Waals surface area (Å²) in [6.07, 6.45) is 2.71. The van der Waals surface area contributed by atoms with Gasteiger partial charge in [0.25, 0.3) is 0 Å². The van der Waals surface area contributed by atoms with Crippen molar-refractivity contribution in [2.24, 2.45) is 12.9 Å². The summed E-state index contributed by atoms with van der Waals surface area (Å²) >= 11 is 3.50. The maximum atomic E-state index is 5.74. The van der Waals surface area contributed by atoms with Crippen LogP contribution in [0.4, 0.5) is 0 Å².